The van der Waals surface area contributed by atoms with Gasteiger partial charge in [0.25, 0.3) is 5.89 Å². The van der Waals surface area contributed by atoms with E-state index in [9.17, 15) is 5.11 Å². The SMILES string of the molecule is Oc1ccc(-c2nc(C3CCCCC3)no2)cc1. The van der Waals surface area contributed by atoms with E-state index in [-0.39, 0.29) is 5.75 Å². The zero-order valence-corrected chi connectivity index (χ0v) is 10.2. The molecule has 4 heteroatoms. The molecule has 0 unspecified atom stereocenters. The van der Waals surface area contributed by atoms with Crippen molar-refractivity contribution >= 4 is 0 Å². The van der Waals surface area contributed by atoms with Gasteiger partial charge in [-0.3, -0.25) is 0 Å². The molecule has 0 saturated heterocycles. The fraction of sp³-hybridized carbons (Fsp3) is 0.429. The lowest BCUT2D eigenvalue weighted by Crippen LogP contribution is -2.06. The van der Waals surface area contributed by atoms with Gasteiger partial charge in [0.15, 0.2) is 5.82 Å². The Hall–Kier alpha value is -1.84. The third-order valence-electron chi connectivity index (χ3n) is 3.53. The minimum absolute atomic E-state index is 0.241. The molecule has 1 aliphatic rings. The van der Waals surface area contributed by atoms with Crippen LogP contribution in [0.4, 0.5) is 0 Å². The number of hydrogen-bond acceptors (Lipinski definition) is 4. The Morgan fingerprint density at radius 2 is 1.78 bits per heavy atom. The van der Waals surface area contributed by atoms with Crippen molar-refractivity contribution in [1.29, 1.82) is 0 Å². The van der Waals surface area contributed by atoms with Crippen molar-refractivity contribution in [3.8, 4) is 17.2 Å². The van der Waals surface area contributed by atoms with Crippen molar-refractivity contribution in [1.82, 2.24) is 10.1 Å². The molecule has 94 valence electrons. The third kappa shape index (κ3) is 2.23. The molecule has 1 fully saturated rings. The second kappa shape index (κ2) is 4.80. The van der Waals surface area contributed by atoms with Crippen molar-refractivity contribution in [3.05, 3.63) is 30.1 Å². The van der Waals surface area contributed by atoms with E-state index in [2.05, 4.69) is 10.1 Å². The van der Waals surface area contributed by atoms with Crippen LogP contribution in [0.25, 0.3) is 11.5 Å². The average molecular weight is 244 g/mol. The number of hydrogen-bond donors (Lipinski definition) is 1. The zero-order chi connectivity index (χ0) is 12.4. The van der Waals surface area contributed by atoms with Crippen LogP contribution in [0, 0.1) is 0 Å². The number of aromatic nitrogens is 2. The molecule has 0 amide bonds. The van der Waals surface area contributed by atoms with E-state index in [4.69, 9.17) is 4.52 Å². The van der Waals surface area contributed by atoms with Gasteiger partial charge in [-0.1, -0.05) is 24.4 Å². The van der Waals surface area contributed by atoms with Gasteiger partial charge in [-0.25, -0.2) is 0 Å². The van der Waals surface area contributed by atoms with Crippen LogP contribution >= 0.6 is 0 Å². The molecule has 1 aromatic heterocycles. The monoisotopic (exact) mass is 244 g/mol. The fourth-order valence-corrected chi connectivity index (χ4v) is 2.48. The summed E-state index contributed by atoms with van der Waals surface area (Å²) in [5.74, 6) is 2.06. The summed E-state index contributed by atoms with van der Waals surface area (Å²) in [6, 6.07) is 6.82. The molecule has 0 bridgehead atoms. The molecule has 1 saturated carbocycles. The van der Waals surface area contributed by atoms with Gasteiger partial charge in [0.05, 0.1) is 0 Å². The van der Waals surface area contributed by atoms with E-state index in [0.29, 0.717) is 11.8 Å². The number of benzene rings is 1. The molecular formula is C14H16N2O2. The van der Waals surface area contributed by atoms with Crippen LogP contribution in [-0.4, -0.2) is 15.2 Å². The van der Waals surface area contributed by atoms with Gasteiger partial charge in [-0.15, -0.1) is 0 Å². The average Bonchev–Trinajstić information content (AvgIpc) is 2.90. The molecule has 18 heavy (non-hydrogen) atoms. The Morgan fingerprint density at radius 3 is 2.50 bits per heavy atom. The number of phenols is 1. The Balaban J connectivity index is 1.82. The lowest BCUT2D eigenvalue weighted by molar-refractivity contribution is 0.385. The lowest BCUT2D eigenvalue weighted by Gasteiger charge is -2.17. The number of phenolic OH excluding ortho intramolecular Hbond substituents is 1. The first-order chi connectivity index (χ1) is 8.83. The first kappa shape index (κ1) is 11.3. The molecule has 0 aliphatic heterocycles. The lowest BCUT2D eigenvalue weighted by atomic mass is 9.89. The number of nitrogens with zero attached hydrogens (tertiary/aromatic N) is 2. The molecule has 1 N–H and O–H groups in total. The van der Waals surface area contributed by atoms with E-state index in [1.807, 2.05) is 0 Å². The maximum atomic E-state index is 9.25. The zero-order valence-electron chi connectivity index (χ0n) is 10.2. The molecule has 1 heterocycles. The molecule has 0 radical (unpaired) electrons. The molecule has 1 aliphatic carbocycles. The van der Waals surface area contributed by atoms with Gasteiger partial charge in [-0.2, -0.15) is 4.98 Å². The minimum Gasteiger partial charge on any atom is -0.508 e. The minimum atomic E-state index is 0.241. The predicted molar refractivity (Wildman–Crippen MR) is 67.2 cm³/mol. The summed E-state index contributed by atoms with van der Waals surface area (Å²) in [4.78, 5) is 4.47. The Kier molecular flexibility index (Phi) is 3.00. The van der Waals surface area contributed by atoms with Crippen LogP contribution in [0.5, 0.6) is 5.75 Å². The molecule has 4 nitrogen and oxygen atoms in total. The van der Waals surface area contributed by atoms with Gasteiger partial charge in [-0.05, 0) is 37.1 Å². The van der Waals surface area contributed by atoms with Crippen molar-refractivity contribution in [2.45, 2.75) is 38.0 Å². The summed E-state index contributed by atoms with van der Waals surface area (Å²) in [6.07, 6.45) is 6.16. The van der Waals surface area contributed by atoms with Crippen LogP contribution in [0.15, 0.2) is 28.8 Å². The Labute approximate surface area is 106 Å². The van der Waals surface area contributed by atoms with E-state index >= 15 is 0 Å². The normalized spacial score (nSPS) is 16.9. The van der Waals surface area contributed by atoms with Crippen LogP contribution in [0.3, 0.4) is 0 Å². The van der Waals surface area contributed by atoms with Gasteiger partial charge in [0.1, 0.15) is 5.75 Å². The van der Waals surface area contributed by atoms with E-state index in [1.165, 1.54) is 19.3 Å². The highest BCUT2D eigenvalue weighted by Crippen LogP contribution is 2.32. The summed E-state index contributed by atoms with van der Waals surface area (Å²) in [5.41, 5.74) is 0.849. The van der Waals surface area contributed by atoms with Crippen molar-refractivity contribution in [3.63, 3.8) is 0 Å². The Morgan fingerprint density at radius 1 is 1.06 bits per heavy atom. The van der Waals surface area contributed by atoms with E-state index < -0.39 is 0 Å². The largest absolute Gasteiger partial charge is 0.508 e. The summed E-state index contributed by atoms with van der Waals surface area (Å²) >= 11 is 0. The maximum absolute atomic E-state index is 9.25. The topological polar surface area (TPSA) is 59.2 Å². The molecule has 0 spiro atoms. The predicted octanol–water partition coefficient (Wildman–Crippen LogP) is 3.49. The maximum Gasteiger partial charge on any atom is 0.257 e. The van der Waals surface area contributed by atoms with Crippen LogP contribution in [0.2, 0.25) is 0 Å². The van der Waals surface area contributed by atoms with Crippen molar-refractivity contribution < 1.29 is 9.63 Å². The van der Waals surface area contributed by atoms with Gasteiger partial charge in [0.2, 0.25) is 0 Å². The molecule has 2 aromatic rings. The highest BCUT2D eigenvalue weighted by molar-refractivity contribution is 5.54. The summed E-state index contributed by atoms with van der Waals surface area (Å²) in [7, 11) is 0. The molecule has 3 rings (SSSR count). The van der Waals surface area contributed by atoms with Crippen LogP contribution in [0.1, 0.15) is 43.8 Å². The molecule has 1 aromatic carbocycles. The standard InChI is InChI=1S/C14H16N2O2/c17-12-8-6-11(7-9-12)14-15-13(16-18-14)10-4-2-1-3-5-10/h6-10,17H,1-5H2. The summed E-state index contributed by atoms with van der Waals surface area (Å²) in [5, 5.41) is 13.3. The first-order valence-corrected chi connectivity index (χ1v) is 6.46. The van der Waals surface area contributed by atoms with E-state index in [1.54, 1.807) is 24.3 Å². The van der Waals surface area contributed by atoms with Crippen molar-refractivity contribution in [2.75, 3.05) is 0 Å². The summed E-state index contributed by atoms with van der Waals surface area (Å²) in [6.45, 7) is 0. The fourth-order valence-electron chi connectivity index (χ4n) is 2.48. The Bertz CT molecular complexity index is 513. The second-order valence-electron chi connectivity index (χ2n) is 4.84. The molecular weight excluding hydrogens is 228 g/mol. The first-order valence-electron chi connectivity index (χ1n) is 6.46. The van der Waals surface area contributed by atoms with Gasteiger partial charge < -0.3 is 9.63 Å². The van der Waals surface area contributed by atoms with Gasteiger partial charge in [0, 0.05) is 11.5 Å². The highest BCUT2D eigenvalue weighted by Gasteiger charge is 2.21. The highest BCUT2D eigenvalue weighted by atomic mass is 16.5. The van der Waals surface area contributed by atoms with Crippen molar-refractivity contribution in [2.24, 2.45) is 0 Å². The van der Waals surface area contributed by atoms with Crippen LogP contribution in [-0.2, 0) is 0 Å². The molecule has 0 atom stereocenters. The van der Waals surface area contributed by atoms with E-state index in [0.717, 1.165) is 24.2 Å². The summed E-state index contributed by atoms with van der Waals surface area (Å²) < 4.78 is 5.30. The number of rotatable bonds is 2. The third-order valence-corrected chi connectivity index (χ3v) is 3.53. The number of aromatic hydroxyl groups is 1. The van der Waals surface area contributed by atoms with Gasteiger partial charge >= 0.3 is 0 Å². The van der Waals surface area contributed by atoms with Crippen LogP contribution < -0.4 is 0 Å². The smallest absolute Gasteiger partial charge is 0.257 e. The quantitative estimate of drug-likeness (QED) is 0.878. The second-order valence-corrected chi connectivity index (χ2v) is 4.84.